The van der Waals surface area contributed by atoms with E-state index in [4.69, 9.17) is 0 Å². The number of fused-ring (bicyclic) bond motifs is 1. The lowest BCUT2D eigenvalue weighted by Gasteiger charge is -2.18. The SMILES string of the molecule is CC(NC(=O)[C@@H]1C[C@@H](c2ccccc2)CN1)c1ccc2[nH]nnc2c1. The van der Waals surface area contributed by atoms with Gasteiger partial charge in [0.25, 0.3) is 0 Å². The highest BCUT2D eigenvalue weighted by Gasteiger charge is 2.30. The van der Waals surface area contributed by atoms with Crippen molar-refractivity contribution >= 4 is 16.9 Å². The van der Waals surface area contributed by atoms with Gasteiger partial charge in [0.15, 0.2) is 0 Å². The van der Waals surface area contributed by atoms with Crippen LogP contribution in [0.5, 0.6) is 0 Å². The fourth-order valence-corrected chi connectivity index (χ4v) is 3.44. The summed E-state index contributed by atoms with van der Waals surface area (Å²) >= 11 is 0. The van der Waals surface area contributed by atoms with E-state index in [9.17, 15) is 4.79 Å². The van der Waals surface area contributed by atoms with Crippen LogP contribution in [-0.2, 0) is 4.79 Å². The Bertz CT molecular complexity index is 876. The molecule has 0 saturated carbocycles. The van der Waals surface area contributed by atoms with Crippen LogP contribution in [0.1, 0.15) is 36.4 Å². The zero-order valence-corrected chi connectivity index (χ0v) is 14.1. The molecule has 1 aliphatic heterocycles. The smallest absolute Gasteiger partial charge is 0.237 e. The molecule has 3 aromatic rings. The molecule has 128 valence electrons. The second kappa shape index (κ2) is 6.64. The van der Waals surface area contributed by atoms with Crippen molar-refractivity contribution in [3.8, 4) is 0 Å². The number of hydrogen-bond donors (Lipinski definition) is 3. The molecule has 3 N–H and O–H groups in total. The summed E-state index contributed by atoms with van der Waals surface area (Å²) in [4.78, 5) is 12.6. The molecular weight excluding hydrogens is 314 g/mol. The molecule has 3 atom stereocenters. The van der Waals surface area contributed by atoms with Gasteiger partial charge >= 0.3 is 0 Å². The maximum absolute atomic E-state index is 12.6. The lowest BCUT2D eigenvalue weighted by molar-refractivity contribution is -0.123. The van der Waals surface area contributed by atoms with Gasteiger partial charge in [-0.05, 0) is 42.5 Å². The molecule has 6 heteroatoms. The molecule has 0 aliphatic carbocycles. The number of amides is 1. The maximum Gasteiger partial charge on any atom is 0.237 e. The monoisotopic (exact) mass is 335 g/mol. The van der Waals surface area contributed by atoms with Crippen LogP contribution in [0.4, 0.5) is 0 Å². The molecule has 0 bridgehead atoms. The summed E-state index contributed by atoms with van der Waals surface area (Å²) in [6.45, 7) is 2.82. The zero-order valence-electron chi connectivity index (χ0n) is 14.1. The van der Waals surface area contributed by atoms with E-state index in [0.29, 0.717) is 5.92 Å². The number of carbonyl (C=O) groups excluding carboxylic acids is 1. The molecule has 2 heterocycles. The van der Waals surface area contributed by atoms with Crippen molar-refractivity contribution in [2.45, 2.75) is 31.3 Å². The van der Waals surface area contributed by atoms with Gasteiger partial charge in [-0.1, -0.05) is 41.6 Å². The average molecular weight is 335 g/mol. The number of aromatic amines is 1. The van der Waals surface area contributed by atoms with Crippen molar-refractivity contribution in [1.82, 2.24) is 26.0 Å². The number of H-pyrrole nitrogens is 1. The Balaban J connectivity index is 1.40. The van der Waals surface area contributed by atoms with E-state index in [1.54, 1.807) is 0 Å². The van der Waals surface area contributed by atoms with Crippen LogP contribution in [-0.4, -0.2) is 33.9 Å². The predicted molar refractivity (Wildman–Crippen MR) is 96.0 cm³/mol. The van der Waals surface area contributed by atoms with Gasteiger partial charge in [-0.2, -0.15) is 0 Å². The standard InChI is InChI=1S/C19H21N5O/c1-12(14-7-8-16-17(9-14)23-24-22-16)21-19(25)18-10-15(11-20-18)13-5-3-2-4-6-13/h2-9,12,15,18,20H,10-11H2,1H3,(H,21,25)(H,22,23,24)/t12?,15-,18+/m1/s1. The average Bonchev–Trinajstić information content (AvgIpc) is 3.31. The molecule has 1 saturated heterocycles. The molecule has 0 radical (unpaired) electrons. The number of rotatable bonds is 4. The molecule has 1 aliphatic rings. The lowest BCUT2D eigenvalue weighted by Crippen LogP contribution is -2.41. The third kappa shape index (κ3) is 3.25. The number of nitrogens with zero attached hydrogens (tertiary/aromatic N) is 2. The third-order valence-corrected chi connectivity index (χ3v) is 4.93. The summed E-state index contributed by atoms with van der Waals surface area (Å²) in [5.74, 6) is 0.435. The topological polar surface area (TPSA) is 82.7 Å². The minimum atomic E-state index is -0.150. The largest absolute Gasteiger partial charge is 0.348 e. The van der Waals surface area contributed by atoms with E-state index in [0.717, 1.165) is 29.6 Å². The van der Waals surface area contributed by atoms with Crippen molar-refractivity contribution in [3.05, 3.63) is 59.7 Å². The molecule has 1 unspecified atom stereocenters. The third-order valence-electron chi connectivity index (χ3n) is 4.93. The molecule has 1 fully saturated rings. The Morgan fingerprint density at radius 1 is 1.24 bits per heavy atom. The summed E-state index contributed by atoms with van der Waals surface area (Å²) in [5.41, 5.74) is 4.01. The molecule has 25 heavy (non-hydrogen) atoms. The Morgan fingerprint density at radius 2 is 2.08 bits per heavy atom. The minimum absolute atomic E-state index is 0.0474. The quantitative estimate of drug-likeness (QED) is 0.683. The van der Waals surface area contributed by atoms with E-state index >= 15 is 0 Å². The number of hydrogen-bond acceptors (Lipinski definition) is 4. The molecule has 6 nitrogen and oxygen atoms in total. The van der Waals surface area contributed by atoms with Crippen LogP contribution in [0.2, 0.25) is 0 Å². The summed E-state index contributed by atoms with van der Waals surface area (Å²) < 4.78 is 0. The van der Waals surface area contributed by atoms with Crippen molar-refractivity contribution in [3.63, 3.8) is 0 Å². The number of aromatic nitrogens is 3. The molecular formula is C19H21N5O. The van der Waals surface area contributed by atoms with Crippen LogP contribution in [0.15, 0.2) is 48.5 Å². The summed E-state index contributed by atoms with van der Waals surface area (Å²) in [5, 5.41) is 17.1. The molecule has 1 aromatic heterocycles. The van der Waals surface area contributed by atoms with Gasteiger partial charge in [0, 0.05) is 6.54 Å². The van der Waals surface area contributed by atoms with Gasteiger partial charge in [-0.25, -0.2) is 0 Å². The fourth-order valence-electron chi connectivity index (χ4n) is 3.44. The first-order valence-corrected chi connectivity index (χ1v) is 8.60. The zero-order chi connectivity index (χ0) is 17.2. The van der Waals surface area contributed by atoms with Crippen molar-refractivity contribution < 1.29 is 4.79 Å². The van der Waals surface area contributed by atoms with Gasteiger partial charge < -0.3 is 10.6 Å². The highest BCUT2D eigenvalue weighted by Crippen LogP contribution is 2.26. The van der Waals surface area contributed by atoms with Crippen LogP contribution in [0.25, 0.3) is 11.0 Å². The van der Waals surface area contributed by atoms with Crippen LogP contribution in [0.3, 0.4) is 0 Å². The van der Waals surface area contributed by atoms with Crippen LogP contribution < -0.4 is 10.6 Å². The first-order valence-electron chi connectivity index (χ1n) is 8.60. The van der Waals surface area contributed by atoms with Crippen molar-refractivity contribution in [2.24, 2.45) is 0 Å². The Labute approximate surface area is 146 Å². The van der Waals surface area contributed by atoms with Gasteiger partial charge in [-0.3, -0.25) is 9.89 Å². The predicted octanol–water partition coefficient (Wildman–Crippen LogP) is 2.28. The van der Waals surface area contributed by atoms with Gasteiger partial charge in [0.1, 0.15) is 5.52 Å². The Kier molecular flexibility index (Phi) is 4.19. The van der Waals surface area contributed by atoms with Gasteiger partial charge in [0.05, 0.1) is 17.6 Å². The maximum atomic E-state index is 12.6. The highest BCUT2D eigenvalue weighted by molar-refractivity contribution is 5.83. The van der Waals surface area contributed by atoms with Crippen molar-refractivity contribution in [1.29, 1.82) is 0 Å². The second-order valence-corrected chi connectivity index (χ2v) is 6.62. The second-order valence-electron chi connectivity index (χ2n) is 6.62. The highest BCUT2D eigenvalue weighted by atomic mass is 16.2. The molecule has 2 aromatic carbocycles. The van der Waals surface area contributed by atoms with Crippen molar-refractivity contribution in [2.75, 3.05) is 6.54 Å². The minimum Gasteiger partial charge on any atom is -0.348 e. The molecule has 1 amide bonds. The van der Waals surface area contributed by atoms with E-state index in [2.05, 4.69) is 38.2 Å². The van der Waals surface area contributed by atoms with Gasteiger partial charge in [0.2, 0.25) is 5.91 Å². The number of benzene rings is 2. The fraction of sp³-hybridized carbons (Fsp3) is 0.316. The summed E-state index contributed by atoms with van der Waals surface area (Å²) in [6.07, 6.45) is 0.824. The van der Waals surface area contributed by atoms with Gasteiger partial charge in [-0.15, -0.1) is 5.10 Å². The van der Waals surface area contributed by atoms with E-state index in [1.807, 2.05) is 43.3 Å². The Morgan fingerprint density at radius 3 is 2.92 bits per heavy atom. The lowest BCUT2D eigenvalue weighted by atomic mass is 9.96. The first kappa shape index (κ1) is 15.8. The Hall–Kier alpha value is -2.73. The summed E-state index contributed by atoms with van der Waals surface area (Å²) in [6, 6.07) is 16.0. The van der Waals surface area contributed by atoms with E-state index < -0.39 is 0 Å². The molecule has 4 rings (SSSR count). The summed E-state index contributed by atoms with van der Waals surface area (Å²) in [7, 11) is 0. The first-order chi connectivity index (χ1) is 12.2. The number of nitrogens with one attached hydrogen (secondary N) is 3. The van der Waals surface area contributed by atoms with Crippen LogP contribution in [0, 0.1) is 0 Å². The normalized spacial score (nSPS) is 21.3. The van der Waals surface area contributed by atoms with E-state index in [-0.39, 0.29) is 18.0 Å². The van der Waals surface area contributed by atoms with E-state index in [1.165, 1.54) is 5.56 Å². The van der Waals surface area contributed by atoms with Crippen LogP contribution >= 0.6 is 0 Å². The number of carbonyl (C=O) groups is 1. The molecule has 0 spiro atoms.